The van der Waals surface area contributed by atoms with Crippen LogP contribution in [0.15, 0.2) is 48.5 Å². The molecule has 1 fully saturated rings. The van der Waals surface area contributed by atoms with E-state index in [1.165, 1.54) is 36.4 Å². The zero-order valence-electron chi connectivity index (χ0n) is 14.7. The normalized spacial score (nSPS) is 19.3. The summed E-state index contributed by atoms with van der Waals surface area (Å²) in [6, 6.07) is 11.5. The molecule has 142 valence electrons. The summed E-state index contributed by atoms with van der Waals surface area (Å²) >= 11 is 0. The first kappa shape index (κ1) is 19.0. The van der Waals surface area contributed by atoms with Gasteiger partial charge in [0.2, 0.25) is 11.8 Å². The molecule has 0 aromatic heterocycles. The molecule has 7 heteroatoms. The number of halogens is 2. The molecule has 1 aliphatic heterocycles. The van der Waals surface area contributed by atoms with Gasteiger partial charge in [-0.05, 0) is 48.4 Å². The Bertz CT molecular complexity index is 794. The quantitative estimate of drug-likeness (QED) is 0.754. The highest BCUT2D eigenvalue weighted by Gasteiger charge is 2.31. The van der Waals surface area contributed by atoms with Gasteiger partial charge in [0.1, 0.15) is 11.6 Å². The Morgan fingerprint density at radius 2 is 1.44 bits per heavy atom. The van der Waals surface area contributed by atoms with Crippen molar-refractivity contribution in [2.45, 2.75) is 13.0 Å². The number of carbonyl (C=O) groups is 2. The molecule has 2 atom stereocenters. The molecule has 27 heavy (non-hydrogen) atoms. The summed E-state index contributed by atoms with van der Waals surface area (Å²) in [4.78, 5) is 24.8. The minimum atomic E-state index is -0.370. The average molecular weight is 373 g/mol. The molecule has 2 aromatic carbocycles. The van der Waals surface area contributed by atoms with Crippen LogP contribution in [-0.2, 0) is 16.1 Å². The van der Waals surface area contributed by atoms with Crippen molar-refractivity contribution >= 4 is 17.5 Å². The lowest BCUT2D eigenvalue weighted by Crippen LogP contribution is -2.47. The number of piperidine rings is 1. The van der Waals surface area contributed by atoms with Gasteiger partial charge in [0.05, 0.1) is 11.8 Å². The van der Waals surface area contributed by atoms with E-state index in [0.717, 1.165) is 5.56 Å². The van der Waals surface area contributed by atoms with Crippen LogP contribution in [0, 0.1) is 23.5 Å². The van der Waals surface area contributed by atoms with Gasteiger partial charge in [-0.1, -0.05) is 12.1 Å². The van der Waals surface area contributed by atoms with Crippen LogP contribution in [-0.4, -0.2) is 24.9 Å². The number of amides is 2. The highest BCUT2D eigenvalue weighted by atomic mass is 19.1. The lowest BCUT2D eigenvalue weighted by molar-refractivity contribution is -0.127. The van der Waals surface area contributed by atoms with E-state index < -0.39 is 0 Å². The van der Waals surface area contributed by atoms with Gasteiger partial charge in [0.15, 0.2) is 0 Å². The summed E-state index contributed by atoms with van der Waals surface area (Å²) in [7, 11) is 0. The summed E-state index contributed by atoms with van der Waals surface area (Å²) in [6.45, 7) is 1.28. The molecule has 2 aromatic rings. The van der Waals surface area contributed by atoms with Crippen molar-refractivity contribution < 1.29 is 18.4 Å². The first-order valence-corrected chi connectivity index (χ1v) is 8.80. The first-order valence-electron chi connectivity index (χ1n) is 8.80. The Kier molecular flexibility index (Phi) is 6.13. The summed E-state index contributed by atoms with van der Waals surface area (Å²) in [6.07, 6.45) is 0.426. The molecule has 0 unspecified atom stereocenters. The highest BCUT2D eigenvalue weighted by molar-refractivity contribution is 5.93. The predicted octanol–water partition coefficient (Wildman–Crippen LogP) is 2.45. The molecule has 1 saturated heterocycles. The molecule has 3 N–H and O–H groups in total. The largest absolute Gasteiger partial charge is 0.352 e. The second kappa shape index (κ2) is 8.73. The van der Waals surface area contributed by atoms with Crippen molar-refractivity contribution in [1.29, 1.82) is 0 Å². The molecular formula is C20H21F2N3O2. The van der Waals surface area contributed by atoms with E-state index >= 15 is 0 Å². The Hall–Kier alpha value is -2.80. The molecule has 0 radical (unpaired) electrons. The van der Waals surface area contributed by atoms with Gasteiger partial charge in [-0.3, -0.25) is 9.59 Å². The van der Waals surface area contributed by atoms with Gasteiger partial charge in [-0.15, -0.1) is 0 Å². The molecule has 2 amide bonds. The van der Waals surface area contributed by atoms with Crippen molar-refractivity contribution in [1.82, 2.24) is 10.6 Å². The first-order chi connectivity index (χ1) is 13.0. The van der Waals surface area contributed by atoms with Crippen molar-refractivity contribution in [3.63, 3.8) is 0 Å². The van der Waals surface area contributed by atoms with E-state index in [1.807, 2.05) is 0 Å². The van der Waals surface area contributed by atoms with Gasteiger partial charge >= 0.3 is 0 Å². The minimum absolute atomic E-state index is 0.147. The number of hydrogen-bond acceptors (Lipinski definition) is 3. The number of carbonyl (C=O) groups excluding carboxylic acids is 2. The maximum atomic E-state index is 12.9. The number of nitrogens with one attached hydrogen (secondary N) is 3. The fourth-order valence-corrected chi connectivity index (χ4v) is 3.05. The van der Waals surface area contributed by atoms with Crippen molar-refractivity contribution in [3.8, 4) is 0 Å². The zero-order chi connectivity index (χ0) is 19.2. The summed E-state index contributed by atoms with van der Waals surface area (Å²) < 4.78 is 25.9. The van der Waals surface area contributed by atoms with Gasteiger partial charge in [0.25, 0.3) is 0 Å². The standard InChI is InChI=1S/C20H21F2N3O2/c21-16-3-1-13(2-4-16)10-24-19(26)14-9-15(12-23-11-14)20(27)25-18-7-5-17(22)6-8-18/h1-8,14-15,23H,9-12H2,(H,24,26)(H,25,27)/t14-,15+/m0/s1. The topological polar surface area (TPSA) is 70.2 Å². The van der Waals surface area contributed by atoms with E-state index in [-0.39, 0.29) is 35.3 Å². The molecule has 3 rings (SSSR count). The van der Waals surface area contributed by atoms with Crippen LogP contribution in [0.5, 0.6) is 0 Å². The number of benzene rings is 2. The van der Waals surface area contributed by atoms with E-state index in [9.17, 15) is 18.4 Å². The van der Waals surface area contributed by atoms with E-state index in [4.69, 9.17) is 0 Å². The minimum Gasteiger partial charge on any atom is -0.352 e. The van der Waals surface area contributed by atoms with E-state index in [0.29, 0.717) is 31.7 Å². The number of rotatable bonds is 5. The third kappa shape index (κ3) is 5.34. The Morgan fingerprint density at radius 3 is 2.07 bits per heavy atom. The molecule has 1 heterocycles. The molecule has 0 bridgehead atoms. The van der Waals surface area contributed by atoms with Crippen LogP contribution in [0.3, 0.4) is 0 Å². The third-order valence-electron chi connectivity index (χ3n) is 4.58. The van der Waals surface area contributed by atoms with Crippen molar-refractivity contribution in [2.24, 2.45) is 11.8 Å². The summed E-state index contributed by atoms with van der Waals surface area (Å²) in [5.74, 6) is -1.73. The number of anilines is 1. The van der Waals surface area contributed by atoms with Crippen LogP contribution in [0.1, 0.15) is 12.0 Å². The monoisotopic (exact) mass is 373 g/mol. The van der Waals surface area contributed by atoms with E-state index in [2.05, 4.69) is 16.0 Å². The van der Waals surface area contributed by atoms with Crippen LogP contribution in [0.4, 0.5) is 14.5 Å². The molecule has 5 nitrogen and oxygen atoms in total. The van der Waals surface area contributed by atoms with Crippen LogP contribution in [0.2, 0.25) is 0 Å². The summed E-state index contributed by atoms with van der Waals surface area (Å²) in [5, 5.41) is 8.69. The van der Waals surface area contributed by atoms with Crippen LogP contribution < -0.4 is 16.0 Å². The van der Waals surface area contributed by atoms with Gasteiger partial charge < -0.3 is 16.0 Å². The third-order valence-corrected chi connectivity index (χ3v) is 4.58. The lowest BCUT2D eigenvalue weighted by Gasteiger charge is -2.28. The summed E-state index contributed by atoms with van der Waals surface area (Å²) in [5.41, 5.74) is 1.32. The van der Waals surface area contributed by atoms with E-state index in [1.54, 1.807) is 12.1 Å². The van der Waals surface area contributed by atoms with Gasteiger partial charge in [-0.25, -0.2) is 8.78 Å². The Morgan fingerprint density at radius 1 is 0.889 bits per heavy atom. The maximum Gasteiger partial charge on any atom is 0.228 e. The molecule has 0 spiro atoms. The molecule has 0 saturated carbocycles. The van der Waals surface area contributed by atoms with Gasteiger partial charge in [0, 0.05) is 25.3 Å². The smallest absolute Gasteiger partial charge is 0.228 e. The number of hydrogen-bond donors (Lipinski definition) is 3. The second-order valence-corrected chi connectivity index (χ2v) is 6.63. The average Bonchev–Trinajstić information content (AvgIpc) is 2.69. The Labute approximate surface area is 156 Å². The highest BCUT2D eigenvalue weighted by Crippen LogP contribution is 2.19. The fraction of sp³-hybridized carbons (Fsp3) is 0.300. The predicted molar refractivity (Wildman–Crippen MR) is 97.7 cm³/mol. The van der Waals surface area contributed by atoms with Crippen molar-refractivity contribution in [3.05, 3.63) is 65.7 Å². The van der Waals surface area contributed by atoms with Crippen LogP contribution >= 0.6 is 0 Å². The molecule has 0 aliphatic carbocycles. The van der Waals surface area contributed by atoms with Gasteiger partial charge in [-0.2, -0.15) is 0 Å². The lowest BCUT2D eigenvalue weighted by atomic mass is 9.89. The second-order valence-electron chi connectivity index (χ2n) is 6.63. The fourth-order valence-electron chi connectivity index (χ4n) is 3.05. The molecule has 1 aliphatic rings. The van der Waals surface area contributed by atoms with Crippen molar-refractivity contribution in [2.75, 3.05) is 18.4 Å². The Balaban J connectivity index is 1.51. The molecular weight excluding hydrogens is 352 g/mol. The SMILES string of the molecule is O=C(NCc1ccc(F)cc1)[C@@H]1CNC[C@H](C(=O)Nc2ccc(F)cc2)C1. The van der Waals surface area contributed by atoms with Crippen LogP contribution in [0.25, 0.3) is 0 Å². The zero-order valence-corrected chi connectivity index (χ0v) is 14.7. The maximum absolute atomic E-state index is 12.9.